The maximum atomic E-state index is 12.4. The molecule has 1 aromatic rings. The van der Waals surface area contributed by atoms with Gasteiger partial charge >= 0.3 is 0 Å². The van der Waals surface area contributed by atoms with Gasteiger partial charge in [0.15, 0.2) is 0 Å². The van der Waals surface area contributed by atoms with E-state index >= 15 is 0 Å². The highest BCUT2D eigenvalue weighted by molar-refractivity contribution is 6.06. The van der Waals surface area contributed by atoms with Crippen LogP contribution in [0.1, 0.15) is 31.7 Å². The predicted molar refractivity (Wildman–Crippen MR) is 73.1 cm³/mol. The molecule has 1 aliphatic heterocycles. The average molecular weight is 255 g/mol. The summed E-state index contributed by atoms with van der Waals surface area (Å²) in [5.41, 5.74) is 0.878. The molecule has 2 amide bonds. The molecule has 19 heavy (non-hydrogen) atoms. The van der Waals surface area contributed by atoms with E-state index in [1.165, 1.54) is 4.90 Å². The summed E-state index contributed by atoms with van der Waals surface area (Å²) in [5, 5.41) is 0. The second kappa shape index (κ2) is 5.27. The van der Waals surface area contributed by atoms with Crippen LogP contribution < -0.4 is 0 Å². The summed E-state index contributed by atoms with van der Waals surface area (Å²) in [6.45, 7) is 3.84. The predicted octanol–water partition coefficient (Wildman–Crippen LogP) is 2.19. The largest absolute Gasteiger partial charge is 0.274 e. The van der Waals surface area contributed by atoms with Gasteiger partial charge in [0.05, 0.1) is 5.92 Å². The zero-order valence-electron chi connectivity index (χ0n) is 11.2. The second-order valence-corrected chi connectivity index (χ2v) is 5.12. The standard InChI is InChI=1S/C16H17NO2/c1-4-14(11(2)3)17-15(18)10-13(16(17)19)12-8-6-5-7-9-12/h1,5-9,11,13-14H,10H2,2-3H3. The van der Waals surface area contributed by atoms with Crippen molar-refractivity contribution in [3.63, 3.8) is 0 Å². The highest BCUT2D eigenvalue weighted by atomic mass is 16.2. The summed E-state index contributed by atoms with van der Waals surface area (Å²) < 4.78 is 0. The fraction of sp³-hybridized carbons (Fsp3) is 0.375. The van der Waals surface area contributed by atoms with E-state index in [1.807, 2.05) is 44.2 Å². The van der Waals surface area contributed by atoms with Crippen LogP contribution >= 0.6 is 0 Å². The van der Waals surface area contributed by atoms with Crippen LogP contribution in [-0.2, 0) is 9.59 Å². The van der Waals surface area contributed by atoms with Crippen molar-refractivity contribution in [1.82, 2.24) is 4.90 Å². The van der Waals surface area contributed by atoms with Gasteiger partial charge in [-0.15, -0.1) is 6.42 Å². The minimum absolute atomic E-state index is 0.0624. The van der Waals surface area contributed by atoms with Gasteiger partial charge in [-0.2, -0.15) is 0 Å². The molecule has 0 spiro atoms. The van der Waals surface area contributed by atoms with Crippen LogP contribution in [0.5, 0.6) is 0 Å². The van der Waals surface area contributed by atoms with Gasteiger partial charge in [0.1, 0.15) is 6.04 Å². The Bertz CT molecular complexity index is 527. The SMILES string of the molecule is C#CC(C(C)C)N1C(=O)CC(c2ccccc2)C1=O. The average Bonchev–Trinajstić information content (AvgIpc) is 2.68. The van der Waals surface area contributed by atoms with Crippen molar-refractivity contribution < 1.29 is 9.59 Å². The Labute approximate surface area is 113 Å². The molecule has 1 aromatic carbocycles. The Morgan fingerprint density at radius 2 is 1.89 bits per heavy atom. The lowest BCUT2D eigenvalue weighted by molar-refractivity contribution is -0.141. The third-order valence-electron chi connectivity index (χ3n) is 3.47. The molecule has 0 radical (unpaired) electrons. The number of terminal acetylenes is 1. The van der Waals surface area contributed by atoms with E-state index in [-0.39, 0.29) is 30.1 Å². The summed E-state index contributed by atoms with van der Waals surface area (Å²) in [4.78, 5) is 25.8. The number of amides is 2. The Morgan fingerprint density at radius 3 is 2.42 bits per heavy atom. The summed E-state index contributed by atoms with van der Waals surface area (Å²) >= 11 is 0. The van der Waals surface area contributed by atoms with Crippen molar-refractivity contribution in [2.45, 2.75) is 32.2 Å². The van der Waals surface area contributed by atoms with Crippen molar-refractivity contribution in [3.8, 4) is 12.3 Å². The number of hydrogen-bond donors (Lipinski definition) is 0. The van der Waals surface area contributed by atoms with E-state index in [4.69, 9.17) is 6.42 Å². The number of benzene rings is 1. The summed E-state index contributed by atoms with van der Waals surface area (Å²) in [6.07, 6.45) is 5.68. The lowest BCUT2D eigenvalue weighted by Crippen LogP contribution is -2.42. The van der Waals surface area contributed by atoms with Gasteiger partial charge in [-0.05, 0) is 11.5 Å². The van der Waals surface area contributed by atoms with Crippen molar-refractivity contribution in [3.05, 3.63) is 35.9 Å². The molecule has 2 atom stereocenters. The van der Waals surface area contributed by atoms with Gasteiger partial charge in [-0.3, -0.25) is 14.5 Å². The zero-order valence-corrected chi connectivity index (χ0v) is 11.2. The van der Waals surface area contributed by atoms with Crippen LogP contribution in [-0.4, -0.2) is 22.8 Å². The van der Waals surface area contributed by atoms with Crippen LogP contribution in [0.2, 0.25) is 0 Å². The molecular formula is C16H17NO2. The molecule has 1 fully saturated rings. The number of carbonyl (C=O) groups excluding carboxylic acids is 2. The lowest BCUT2D eigenvalue weighted by atomic mass is 9.97. The topological polar surface area (TPSA) is 37.4 Å². The molecule has 3 heteroatoms. The fourth-order valence-electron chi connectivity index (χ4n) is 2.45. The van der Waals surface area contributed by atoms with Crippen LogP contribution in [0.15, 0.2) is 30.3 Å². The molecule has 1 saturated heterocycles. The number of carbonyl (C=O) groups is 2. The third kappa shape index (κ3) is 2.39. The number of imide groups is 1. The molecule has 3 nitrogen and oxygen atoms in total. The van der Waals surface area contributed by atoms with Crippen molar-refractivity contribution in [2.75, 3.05) is 0 Å². The molecule has 98 valence electrons. The van der Waals surface area contributed by atoms with E-state index in [9.17, 15) is 9.59 Å². The van der Waals surface area contributed by atoms with Crippen LogP contribution in [0.25, 0.3) is 0 Å². The van der Waals surface area contributed by atoms with Crippen LogP contribution in [0.4, 0.5) is 0 Å². The first-order valence-corrected chi connectivity index (χ1v) is 6.43. The molecular weight excluding hydrogens is 238 g/mol. The van der Waals surface area contributed by atoms with Gasteiger partial charge in [-0.25, -0.2) is 0 Å². The molecule has 0 aromatic heterocycles. The Morgan fingerprint density at radius 1 is 1.26 bits per heavy atom. The molecule has 2 unspecified atom stereocenters. The molecule has 1 heterocycles. The van der Waals surface area contributed by atoms with Gasteiger partial charge in [-0.1, -0.05) is 50.1 Å². The number of likely N-dealkylation sites (tertiary alicyclic amines) is 1. The van der Waals surface area contributed by atoms with E-state index in [2.05, 4.69) is 5.92 Å². The monoisotopic (exact) mass is 255 g/mol. The number of nitrogens with zero attached hydrogens (tertiary/aromatic N) is 1. The highest BCUT2D eigenvalue weighted by Gasteiger charge is 2.43. The van der Waals surface area contributed by atoms with Crippen LogP contribution in [0.3, 0.4) is 0 Å². The molecule has 0 saturated carbocycles. The second-order valence-electron chi connectivity index (χ2n) is 5.12. The fourth-order valence-corrected chi connectivity index (χ4v) is 2.45. The first-order chi connectivity index (χ1) is 9.06. The first kappa shape index (κ1) is 13.4. The Hall–Kier alpha value is -2.08. The molecule has 1 aliphatic rings. The molecule has 0 bridgehead atoms. The zero-order chi connectivity index (χ0) is 14.0. The maximum Gasteiger partial charge on any atom is 0.238 e. The van der Waals surface area contributed by atoms with E-state index in [1.54, 1.807) is 0 Å². The lowest BCUT2D eigenvalue weighted by Gasteiger charge is -2.25. The van der Waals surface area contributed by atoms with E-state index in [0.29, 0.717) is 0 Å². The molecule has 0 N–H and O–H groups in total. The number of rotatable bonds is 3. The quantitative estimate of drug-likeness (QED) is 0.613. The van der Waals surface area contributed by atoms with Crippen LogP contribution in [0, 0.1) is 18.3 Å². The Kier molecular flexibility index (Phi) is 3.71. The molecule has 2 rings (SSSR count). The third-order valence-corrected chi connectivity index (χ3v) is 3.47. The smallest absolute Gasteiger partial charge is 0.238 e. The van der Waals surface area contributed by atoms with E-state index in [0.717, 1.165) is 5.56 Å². The van der Waals surface area contributed by atoms with Gasteiger partial charge in [0.2, 0.25) is 11.8 Å². The van der Waals surface area contributed by atoms with Crippen molar-refractivity contribution >= 4 is 11.8 Å². The minimum atomic E-state index is -0.450. The maximum absolute atomic E-state index is 12.4. The highest BCUT2D eigenvalue weighted by Crippen LogP contribution is 2.32. The van der Waals surface area contributed by atoms with Gasteiger partial charge in [0.25, 0.3) is 0 Å². The summed E-state index contributed by atoms with van der Waals surface area (Å²) in [7, 11) is 0. The minimum Gasteiger partial charge on any atom is -0.274 e. The normalized spacial score (nSPS) is 20.7. The van der Waals surface area contributed by atoms with Gasteiger partial charge in [0, 0.05) is 6.42 Å². The summed E-state index contributed by atoms with van der Waals surface area (Å²) in [6, 6.07) is 8.93. The summed E-state index contributed by atoms with van der Waals surface area (Å²) in [5.74, 6) is 1.89. The van der Waals surface area contributed by atoms with Gasteiger partial charge < -0.3 is 0 Å². The van der Waals surface area contributed by atoms with Crippen molar-refractivity contribution in [1.29, 1.82) is 0 Å². The Balaban J connectivity index is 2.29. The van der Waals surface area contributed by atoms with E-state index < -0.39 is 6.04 Å². The molecule has 0 aliphatic carbocycles. The van der Waals surface area contributed by atoms with Crippen molar-refractivity contribution in [2.24, 2.45) is 5.92 Å². The number of hydrogen-bond acceptors (Lipinski definition) is 2. The first-order valence-electron chi connectivity index (χ1n) is 6.43.